The zero-order valence-electron chi connectivity index (χ0n) is 18.3. The minimum Gasteiger partial charge on any atom is -0.396 e. The molecule has 0 rings (SSSR count). The van der Waals surface area contributed by atoms with Gasteiger partial charge in [-0.15, -0.1) is 0 Å². The summed E-state index contributed by atoms with van der Waals surface area (Å²) in [6, 6.07) is 3.38. The molecule has 0 N–H and O–H groups in total. The van der Waals surface area contributed by atoms with E-state index in [0.29, 0.717) is 11.8 Å². The van der Waals surface area contributed by atoms with Gasteiger partial charge in [0.25, 0.3) is 0 Å². The fourth-order valence-corrected chi connectivity index (χ4v) is 5.13. The molecular formula is C22H45NO2Si. The van der Waals surface area contributed by atoms with E-state index in [2.05, 4.69) is 33.8 Å². The molecule has 0 heterocycles. The molecule has 0 aromatic carbocycles. The molecule has 0 aromatic rings. The summed E-state index contributed by atoms with van der Waals surface area (Å²) in [6.07, 6.45) is 12.1. The first kappa shape index (κ1) is 25.6. The van der Waals surface area contributed by atoms with Gasteiger partial charge < -0.3 is 8.85 Å². The predicted octanol–water partition coefficient (Wildman–Crippen LogP) is 6.61. The first-order chi connectivity index (χ1) is 12.6. The molecule has 0 aromatic heterocycles. The van der Waals surface area contributed by atoms with Gasteiger partial charge in [0.05, 0.1) is 6.07 Å². The Hall–Kier alpha value is -0.373. The average molecular weight is 384 g/mol. The SMILES string of the molecule is CCCCC(CC)CO[SiH](CCCC(C)C#N)OCC(CC)CCCC. The van der Waals surface area contributed by atoms with Crippen LogP contribution >= 0.6 is 0 Å². The van der Waals surface area contributed by atoms with Crippen LogP contribution in [0.1, 0.15) is 98.8 Å². The fraction of sp³-hybridized carbons (Fsp3) is 0.955. The Labute approximate surface area is 165 Å². The summed E-state index contributed by atoms with van der Waals surface area (Å²) in [5.74, 6) is 1.49. The maximum Gasteiger partial charge on any atom is 0.321 e. The van der Waals surface area contributed by atoms with E-state index < -0.39 is 9.28 Å². The second kappa shape index (κ2) is 18.0. The standard InChI is InChI=1S/C22H45NO2Si/c1-6-10-14-21(8-3)18-24-26(16-12-13-20(5)17-23)25-19-22(9-4)15-11-7-2/h20-22,26H,6-16,18-19H2,1-5H3. The molecule has 3 nitrogen and oxygen atoms in total. The third kappa shape index (κ3) is 13.8. The van der Waals surface area contributed by atoms with Gasteiger partial charge >= 0.3 is 9.28 Å². The van der Waals surface area contributed by atoms with Gasteiger partial charge in [0.1, 0.15) is 0 Å². The molecule has 26 heavy (non-hydrogen) atoms. The van der Waals surface area contributed by atoms with E-state index in [1.807, 2.05) is 6.92 Å². The van der Waals surface area contributed by atoms with Crippen molar-refractivity contribution in [2.24, 2.45) is 17.8 Å². The smallest absolute Gasteiger partial charge is 0.321 e. The van der Waals surface area contributed by atoms with Crippen LogP contribution in [0.2, 0.25) is 6.04 Å². The van der Waals surface area contributed by atoms with Crippen molar-refractivity contribution in [2.45, 2.75) is 105 Å². The molecule has 4 heteroatoms. The highest BCUT2D eigenvalue weighted by Gasteiger charge is 2.18. The summed E-state index contributed by atoms with van der Waals surface area (Å²) in [5.41, 5.74) is 0. The molecule has 0 amide bonds. The molecule has 154 valence electrons. The van der Waals surface area contributed by atoms with E-state index in [0.717, 1.165) is 32.1 Å². The van der Waals surface area contributed by atoms with Gasteiger partial charge in [-0.2, -0.15) is 5.26 Å². The van der Waals surface area contributed by atoms with Crippen LogP contribution in [0.5, 0.6) is 0 Å². The Bertz CT molecular complexity index is 326. The van der Waals surface area contributed by atoms with Gasteiger partial charge in [-0.25, -0.2) is 0 Å². The zero-order valence-corrected chi connectivity index (χ0v) is 19.4. The van der Waals surface area contributed by atoms with Gasteiger partial charge in [0.2, 0.25) is 0 Å². The zero-order chi connectivity index (χ0) is 19.6. The van der Waals surface area contributed by atoms with Gasteiger partial charge in [0, 0.05) is 19.1 Å². The lowest BCUT2D eigenvalue weighted by Crippen LogP contribution is -2.28. The van der Waals surface area contributed by atoms with Crippen molar-refractivity contribution in [3.05, 3.63) is 0 Å². The maximum atomic E-state index is 8.98. The lowest BCUT2D eigenvalue weighted by Gasteiger charge is -2.23. The largest absolute Gasteiger partial charge is 0.396 e. The summed E-state index contributed by atoms with van der Waals surface area (Å²) < 4.78 is 12.7. The van der Waals surface area contributed by atoms with E-state index in [9.17, 15) is 0 Å². The van der Waals surface area contributed by atoms with Crippen LogP contribution in [0.25, 0.3) is 0 Å². The van der Waals surface area contributed by atoms with Crippen LogP contribution in [-0.4, -0.2) is 22.5 Å². The molecule has 0 saturated heterocycles. The number of rotatable bonds is 18. The van der Waals surface area contributed by atoms with Gasteiger partial charge in [0.15, 0.2) is 0 Å². The van der Waals surface area contributed by atoms with E-state index in [-0.39, 0.29) is 5.92 Å². The summed E-state index contributed by atoms with van der Waals surface area (Å²) in [5, 5.41) is 8.98. The number of nitriles is 1. The third-order valence-corrected chi connectivity index (χ3v) is 7.43. The lowest BCUT2D eigenvalue weighted by molar-refractivity contribution is 0.140. The molecular weight excluding hydrogens is 338 g/mol. The third-order valence-electron chi connectivity index (χ3n) is 5.42. The van der Waals surface area contributed by atoms with Crippen molar-refractivity contribution < 1.29 is 8.85 Å². The molecule has 0 saturated carbocycles. The number of nitrogens with zero attached hydrogens (tertiary/aromatic N) is 1. The van der Waals surface area contributed by atoms with Crippen molar-refractivity contribution in [2.75, 3.05) is 13.2 Å². The molecule has 0 radical (unpaired) electrons. The lowest BCUT2D eigenvalue weighted by atomic mass is 10.0. The van der Waals surface area contributed by atoms with E-state index >= 15 is 0 Å². The highest BCUT2D eigenvalue weighted by atomic mass is 28.3. The van der Waals surface area contributed by atoms with Crippen molar-refractivity contribution in [3.63, 3.8) is 0 Å². The molecule has 3 unspecified atom stereocenters. The van der Waals surface area contributed by atoms with E-state index in [1.165, 1.54) is 51.4 Å². The Morgan fingerprint density at radius 1 is 0.808 bits per heavy atom. The van der Waals surface area contributed by atoms with Crippen molar-refractivity contribution in [1.29, 1.82) is 5.26 Å². The molecule has 0 bridgehead atoms. The Balaban J connectivity index is 4.44. The van der Waals surface area contributed by atoms with Crippen LogP contribution in [0.15, 0.2) is 0 Å². The van der Waals surface area contributed by atoms with Crippen LogP contribution < -0.4 is 0 Å². The van der Waals surface area contributed by atoms with Crippen molar-refractivity contribution in [3.8, 4) is 6.07 Å². The molecule has 0 fully saturated rings. The van der Waals surface area contributed by atoms with Crippen LogP contribution in [0, 0.1) is 29.1 Å². The van der Waals surface area contributed by atoms with Gasteiger partial charge in [-0.05, 0) is 44.1 Å². The minimum atomic E-state index is -1.62. The topological polar surface area (TPSA) is 42.2 Å². The van der Waals surface area contributed by atoms with Crippen LogP contribution in [0.3, 0.4) is 0 Å². The average Bonchev–Trinajstić information content (AvgIpc) is 2.67. The highest BCUT2D eigenvalue weighted by Crippen LogP contribution is 2.18. The van der Waals surface area contributed by atoms with Gasteiger partial charge in [-0.3, -0.25) is 0 Å². The first-order valence-corrected chi connectivity index (χ1v) is 13.0. The van der Waals surface area contributed by atoms with Crippen molar-refractivity contribution >= 4 is 9.28 Å². The van der Waals surface area contributed by atoms with E-state index in [1.54, 1.807) is 0 Å². The Kier molecular flexibility index (Phi) is 17.8. The maximum absolute atomic E-state index is 8.98. The van der Waals surface area contributed by atoms with E-state index in [4.69, 9.17) is 14.1 Å². The Morgan fingerprint density at radius 3 is 1.69 bits per heavy atom. The number of unbranched alkanes of at least 4 members (excludes halogenated alkanes) is 2. The molecule has 0 aliphatic rings. The highest BCUT2D eigenvalue weighted by molar-refractivity contribution is 6.44. The predicted molar refractivity (Wildman–Crippen MR) is 114 cm³/mol. The normalized spacial score (nSPS) is 16.0. The Morgan fingerprint density at radius 2 is 1.31 bits per heavy atom. The monoisotopic (exact) mass is 383 g/mol. The second-order valence-electron chi connectivity index (χ2n) is 7.89. The number of hydrogen-bond acceptors (Lipinski definition) is 3. The fourth-order valence-electron chi connectivity index (χ4n) is 3.15. The molecule has 0 aliphatic carbocycles. The van der Waals surface area contributed by atoms with Crippen LogP contribution in [0.4, 0.5) is 0 Å². The molecule has 0 spiro atoms. The summed E-state index contributed by atoms with van der Waals surface area (Å²) in [4.78, 5) is 0. The van der Waals surface area contributed by atoms with Crippen molar-refractivity contribution in [1.82, 2.24) is 0 Å². The van der Waals surface area contributed by atoms with Crippen LogP contribution in [-0.2, 0) is 8.85 Å². The summed E-state index contributed by atoms with van der Waals surface area (Å²) >= 11 is 0. The summed E-state index contributed by atoms with van der Waals surface area (Å²) in [7, 11) is -1.62. The first-order valence-electron chi connectivity index (χ1n) is 11.2. The van der Waals surface area contributed by atoms with Gasteiger partial charge in [-0.1, -0.05) is 72.6 Å². The molecule has 0 aliphatic heterocycles. The molecule has 3 atom stereocenters. The number of hydrogen-bond donors (Lipinski definition) is 0. The minimum absolute atomic E-state index is 0.144. The quantitative estimate of drug-likeness (QED) is 0.250. The summed E-state index contributed by atoms with van der Waals surface area (Å²) in [6.45, 7) is 12.8. The second-order valence-corrected chi connectivity index (χ2v) is 9.99.